The first-order chi connectivity index (χ1) is 15.4. The zero-order chi connectivity index (χ0) is 22.6. The van der Waals surface area contributed by atoms with Gasteiger partial charge in [0.2, 0.25) is 0 Å². The zero-order valence-corrected chi connectivity index (χ0v) is 18.4. The molecule has 1 aliphatic rings. The second kappa shape index (κ2) is 9.28. The van der Waals surface area contributed by atoms with Gasteiger partial charge in [0.15, 0.2) is 17.3 Å². The van der Waals surface area contributed by atoms with Crippen LogP contribution in [-0.4, -0.2) is 34.0 Å². The van der Waals surface area contributed by atoms with E-state index in [4.69, 9.17) is 9.47 Å². The minimum atomic E-state index is -3.90. The van der Waals surface area contributed by atoms with E-state index in [2.05, 4.69) is 0 Å². The number of benzene rings is 3. The Morgan fingerprint density at radius 1 is 0.938 bits per heavy atom. The minimum Gasteiger partial charge on any atom is -0.486 e. The molecule has 0 saturated heterocycles. The summed E-state index contributed by atoms with van der Waals surface area (Å²) in [5.74, 6) is 0.972. The van der Waals surface area contributed by atoms with Gasteiger partial charge in [0.05, 0.1) is 17.1 Å². The lowest BCUT2D eigenvalue weighted by Gasteiger charge is -2.25. The van der Waals surface area contributed by atoms with E-state index in [-0.39, 0.29) is 17.2 Å². The summed E-state index contributed by atoms with van der Waals surface area (Å²) in [7, 11) is -3.90. The number of carbonyl (C=O) groups is 1. The molecule has 7 heteroatoms. The Morgan fingerprint density at radius 3 is 2.31 bits per heavy atom. The van der Waals surface area contributed by atoms with Crippen molar-refractivity contribution in [2.75, 3.05) is 24.1 Å². The fourth-order valence-electron chi connectivity index (χ4n) is 3.37. The Hall–Kier alpha value is -3.58. The smallest absolute Gasteiger partial charge is 0.264 e. The number of sulfonamides is 1. The highest BCUT2D eigenvalue weighted by Crippen LogP contribution is 2.35. The van der Waals surface area contributed by atoms with Crippen LogP contribution in [0.15, 0.2) is 83.8 Å². The third-order valence-electron chi connectivity index (χ3n) is 5.04. The Morgan fingerprint density at radius 2 is 1.62 bits per heavy atom. The van der Waals surface area contributed by atoms with Crippen molar-refractivity contribution in [2.45, 2.75) is 11.8 Å². The number of rotatable bonds is 7. The Kier molecular flexibility index (Phi) is 6.28. The van der Waals surface area contributed by atoms with E-state index < -0.39 is 10.0 Å². The predicted octanol–water partition coefficient (Wildman–Crippen LogP) is 4.57. The summed E-state index contributed by atoms with van der Waals surface area (Å²) in [4.78, 5) is 11.7. The molecule has 0 bridgehead atoms. The van der Waals surface area contributed by atoms with Crippen molar-refractivity contribution in [3.05, 3.63) is 90.0 Å². The van der Waals surface area contributed by atoms with Gasteiger partial charge in [-0.25, -0.2) is 8.42 Å². The van der Waals surface area contributed by atoms with Crippen LogP contribution in [0, 0.1) is 0 Å². The first kappa shape index (κ1) is 21.6. The van der Waals surface area contributed by atoms with Gasteiger partial charge < -0.3 is 9.47 Å². The van der Waals surface area contributed by atoms with Gasteiger partial charge in [-0.2, -0.15) is 0 Å². The van der Waals surface area contributed by atoms with Gasteiger partial charge in [-0.15, -0.1) is 0 Å². The summed E-state index contributed by atoms with van der Waals surface area (Å²) in [5, 5.41) is 0. The van der Waals surface area contributed by atoms with E-state index in [1.807, 2.05) is 36.4 Å². The fourth-order valence-corrected chi connectivity index (χ4v) is 4.77. The summed E-state index contributed by atoms with van der Waals surface area (Å²) in [5.41, 5.74) is 1.89. The first-order valence-corrected chi connectivity index (χ1v) is 11.6. The van der Waals surface area contributed by atoms with Gasteiger partial charge in [-0.3, -0.25) is 9.10 Å². The SMILES string of the molecule is CC(=O)c1ccc(S(=O)(=O)N(CC=Cc2ccccc2)c2ccc3c(c2)OCCO3)cc1. The maximum Gasteiger partial charge on any atom is 0.264 e. The van der Waals surface area contributed by atoms with E-state index >= 15 is 0 Å². The number of ether oxygens (including phenoxy) is 2. The molecule has 1 heterocycles. The molecular weight excluding hydrogens is 426 g/mol. The lowest BCUT2D eigenvalue weighted by molar-refractivity contribution is 0.101. The summed E-state index contributed by atoms with van der Waals surface area (Å²) >= 11 is 0. The number of fused-ring (bicyclic) bond motifs is 1. The second-order valence-electron chi connectivity index (χ2n) is 7.26. The Balaban J connectivity index is 1.70. The van der Waals surface area contributed by atoms with Gasteiger partial charge in [-0.1, -0.05) is 54.6 Å². The van der Waals surface area contributed by atoms with Crippen LogP contribution in [0.2, 0.25) is 0 Å². The van der Waals surface area contributed by atoms with E-state index in [9.17, 15) is 13.2 Å². The topological polar surface area (TPSA) is 72.9 Å². The van der Waals surface area contributed by atoms with Crippen LogP contribution < -0.4 is 13.8 Å². The molecule has 4 rings (SSSR count). The van der Waals surface area contributed by atoms with Gasteiger partial charge >= 0.3 is 0 Å². The molecule has 0 radical (unpaired) electrons. The van der Waals surface area contributed by atoms with E-state index in [0.717, 1.165) is 5.56 Å². The van der Waals surface area contributed by atoms with Crippen LogP contribution in [-0.2, 0) is 10.0 Å². The van der Waals surface area contributed by atoms with Crippen molar-refractivity contribution >= 4 is 27.6 Å². The van der Waals surface area contributed by atoms with E-state index in [1.165, 1.54) is 35.5 Å². The minimum absolute atomic E-state index is 0.102. The molecule has 0 aromatic heterocycles. The third-order valence-corrected chi connectivity index (χ3v) is 6.85. The highest BCUT2D eigenvalue weighted by molar-refractivity contribution is 7.92. The van der Waals surface area contributed by atoms with Crippen LogP contribution in [0.25, 0.3) is 6.08 Å². The summed E-state index contributed by atoms with van der Waals surface area (Å²) in [6, 6.07) is 20.7. The van der Waals surface area contributed by atoms with E-state index in [0.29, 0.717) is 36.0 Å². The molecule has 0 saturated carbocycles. The number of Topliss-reactive ketones (excluding diaryl/α,β-unsaturated/α-hetero) is 1. The van der Waals surface area contributed by atoms with Gasteiger partial charge in [-0.05, 0) is 36.8 Å². The number of nitrogens with zero attached hydrogens (tertiary/aromatic N) is 1. The number of anilines is 1. The average Bonchev–Trinajstić information content (AvgIpc) is 2.82. The normalized spacial score (nSPS) is 13.2. The maximum atomic E-state index is 13.6. The molecular formula is C25H23NO5S. The molecule has 32 heavy (non-hydrogen) atoms. The summed E-state index contributed by atoms with van der Waals surface area (Å²) in [6.45, 7) is 2.42. The van der Waals surface area contributed by atoms with Crippen molar-refractivity contribution in [1.82, 2.24) is 0 Å². The van der Waals surface area contributed by atoms with Crippen LogP contribution in [0.4, 0.5) is 5.69 Å². The average molecular weight is 450 g/mol. The molecule has 0 aliphatic carbocycles. The van der Waals surface area contributed by atoms with Gasteiger partial charge in [0.1, 0.15) is 13.2 Å². The highest BCUT2D eigenvalue weighted by Gasteiger charge is 2.26. The lowest BCUT2D eigenvalue weighted by atomic mass is 10.2. The van der Waals surface area contributed by atoms with Crippen molar-refractivity contribution in [3.63, 3.8) is 0 Å². The van der Waals surface area contributed by atoms with Crippen molar-refractivity contribution < 1.29 is 22.7 Å². The van der Waals surface area contributed by atoms with Crippen LogP contribution in [0.1, 0.15) is 22.8 Å². The maximum absolute atomic E-state index is 13.6. The standard InChI is InChI=1S/C25H23NO5S/c1-19(27)21-9-12-23(13-10-21)32(28,29)26(15-5-8-20-6-3-2-4-7-20)22-11-14-24-25(18-22)31-17-16-30-24/h2-14,18H,15-17H2,1H3. The zero-order valence-electron chi connectivity index (χ0n) is 17.6. The lowest BCUT2D eigenvalue weighted by Crippen LogP contribution is -2.31. The van der Waals surface area contributed by atoms with Crippen molar-refractivity contribution in [2.24, 2.45) is 0 Å². The molecule has 3 aromatic rings. The first-order valence-electron chi connectivity index (χ1n) is 10.2. The van der Waals surface area contributed by atoms with Gasteiger partial charge in [0.25, 0.3) is 10.0 Å². The molecule has 0 amide bonds. The molecule has 6 nitrogen and oxygen atoms in total. The fraction of sp³-hybridized carbons (Fsp3) is 0.160. The van der Waals surface area contributed by atoms with Crippen LogP contribution >= 0.6 is 0 Å². The molecule has 0 fully saturated rings. The number of carbonyl (C=O) groups excluding carboxylic acids is 1. The van der Waals surface area contributed by atoms with Gasteiger partial charge in [0, 0.05) is 11.6 Å². The van der Waals surface area contributed by atoms with Crippen LogP contribution in [0.5, 0.6) is 11.5 Å². The molecule has 0 N–H and O–H groups in total. The monoisotopic (exact) mass is 449 g/mol. The number of hydrogen-bond donors (Lipinski definition) is 0. The highest BCUT2D eigenvalue weighted by atomic mass is 32.2. The van der Waals surface area contributed by atoms with Crippen LogP contribution in [0.3, 0.4) is 0 Å². The quantitative estimate of drug-likeness (QED) is 0.494. The molecule has 0 unspecified atom stereocenters. The molecule has 0 spiro atoms. The van der Waals surface area contributed by atoms with E-state index in [1.54, 1.807) is 24.3 Å². The predicted molar refractivity (Wildman–Crippen MR) is 124 cm³/mol. The molecule has 0 atom stereocenters. The number of hydrogen-bond acceptors (Lipinski definition) is 5. The molecule has 164 valence electrons. The third kappa shape index (κ3) is 4.68. The Labute approximate surface area is 187 Å². The van der Waals surface area contributed by atoms with Crippen molar-refractivity contribution in [3.8, 4) is 11.5 Å². The molecule has 3 aromatic carbocycles. The molecule has 1 aliphatic heterocycles. The largest absolute Gasteiger partial charge is 0.486 e. The summed E-state index contributed by atoms with van der Waals surface area (Å²) in [6.07, 6.45) is 3.67. The van der Waals surface area contributed by atoms with Crippen molar-refractivity contribution in [1.29, 1.82) is 0 Å². The number of ketones is 1. The summed E-state index contributed by atoms with van der Waals surface area (Å²) < 4.78 is 39.6. The Bertz CT molecular complexity index is 1240. The second-order valence-corrected chi connectivity index (χ2v) is 9.12.